The summed E-state index contributed by atoms with van der Waals surface area (Å²) < 4.78 is 23.3. The minimum Gasteiger partial charge on any atom is -0.493 e. The minimum atomic E-state index is -0.324. The van der Waals surface area contributed by atoms with E-state index in [2.05, 4.69) is 15.0 Å². The average molecular weight is 477 g/mol. The van der Waals surface area contributed by atoms with Crippen molar-refractivity contribution >= 4 is 22.3 Å². The van der Waals surface area contributed by atoms with E-state index in [1.54, 1.807) is 21.3 Å². The molecule has 1 aliphatic rings. The van der Waals surface area contributed by atoms with Gasteiger partial charge in [0.1, 0.15) is 6.33 Å². The van der Waals surface area contributed by atoms with Gasteiger partial charge in [-0.3, -0.25) is 9.69 Å². The van der Waals surface area contributed by atoms with Crippen molar-refractivity contribution in [3.05, 3.63) is 28.9 Å². The maximum absolute atomic E-state index is 12.2. The van der Waals surface area contributed by atoms with Crippen molar-refractivity contribution < 1.29 is 28.8 Å². The third-order valence-electron chi connectivity index (χ3n) is 5.90. The van der Waals surface area contributed by atoms with E-state index in [4.69, 9.17) is 18.9 Å². The molecule has 0 radical (unpaired) electrons. The third kappa shape index (κ3) is 4.30. The van der Waals surface area contributed by atoms with E-state index in [1.165, 1.54) is 22.2 Å². The van der Waals surface area contributed by atoms with E-state index in [9.17, 15) is 9.90 Å². The number of methoxy groups -OCH3 is 3. The highest BCUT2D eigenvalue weighted by molar-refractivity contribution is 7.17. The molecule has 3 heterocycles. The molecular weight excluding hydrogens is 448 g/mol. The molecule has 0 unspecified atom stereocenters. The molecule has 1 aromatic carbocycles. The van der Waals surface area contributed by atoms with Gasteiger partial charge < -0.3 is 24.1 Å². The number of likely N-dealkylation sites (tertiary alicyclic amines) is 1. The number of hydrogen-bond donors (Lipinski definition) is 1. The van der Waals surface area contributed by atoms with Crippen LogP contribution in [-0.2, 0) is 9.53 Å². The number of hydrogen-bond acceptors (Lipinski definition) is 10. The molecule has 1 N–H and O–H groups in total. The molecule has 1 atom stereocenters. The summed E-state index contributed by atoms with van der Waals surface area (Å²) in [6, 6.07) is 3.45. The summed E-state index contributed by atoms with van der Waals surface area (Å²) in [5, 5.41) is 15.1. The average Bonchev–Trinajstić information content (AvgIpc) is 3.42. The van der Waals surface area contributed by atoms with Gasteiger partial charge >= 0.3 is 5.97 Å². The Bertz CT molecular complexity index is 1100. The van der Waals surface area contributed by atoms with Crippen molar-refractivity contribution in [2.24, 2.45) is 5.92 Å². The molecule has 178 valence electrons. The highest BCUT2D eigenvalue weighted by Gasteiger charge is 2.35. The molecular formula is C22H28N4O6S. The number of ether oxygens (including phenoxy) is 4. The molecule has 0 bridgehead atoms. The number of fused-ring (bicyclic) bond motifs is 1. The predicted octanol–water partition coefficient (Wildman–Crippen LogP) is 2.89. The maximum atomic E-state index is 12.2. The highest BCUT2D eigenvalue weighted by Crippen LogP contribution is 2.46. The first kappa shape index (κ1) is 23.1. The van der Waals surface area contributed by atoms with Gasteiger partial charge in [-0.1, -0.05) is 11.3 Å². The van der Waals surface area contributed by atoms with Crippen LogP contribution < -0.4 is 14.2 Å². The van der Waals surface area contributed by atoms with Gasteiger partial charge in [-0.2, -0.15) is 9.61 Å². The Morgan fingerprint density at radius 1 is 1.18 bits per heavy atom. The van der Waals surface area contributed by atoms with E-state index in [-0.39, 0.29) is 23.8 Å². The zero-order valence-electron chi connectivity index (χ0n) is 19.1. The maximum Gasteiger partial charge on any atom is 0.309 e. The summed E-state index contributed by atoms with van der Waals surface area (Å²) in [6.07, 6.45) is 2.75. The Morgan fingerprint density at radius 2 is 1.85 bits per heavy atom. The second-order valence-corrected chi connectivity index (χ2v) is 8.68. The van der Waals surface area contributed by atoms with Gasteiger partial charge in [0, 0.05) is 0 Å². The molecule has 4 rings (SSSR count). The molecule has 3 aromatic rings. The Morgan fingerprint density at radius 3 is 2.39 bits per heavy atom. The van der Waals surface area contributed by atoms with Crippen molar-refractivity contribution in [2.45, 2.75) is 25.8 Å². The number of nitrogens with zero attached hydrogens (tertiary/aromatic N) is 4. The highest BCUT2D eigenvalue weighted by atomic mass is 32.1. The first-order valence-electron chi connectivity index (χ1n) is 10.7. The van der Waals surface area contributed by atoms with E-state index in [0.717, 1.165) is 5.56 Å². The van der Waals surface area contributed by atoms with Gasteiger partial charge in [-0.05, 0) is 50.6 Å². The van der Waals surface area contributed by atoms with E-state index < -0.39 is 0 Å². The number of thiazole rings is 1. The summed E-state index contributed by atoms with van der Waals surface area (Å²) in [7, 11) is 4.70. The van der Waals surface area contributed by atoms with E-state index in [1.807, 2.05) is 19.1 Å². The number of piperidine rings is 1. The van der Waals surface area contributed by atoms with Crippen LogP contribution in [-0.4, -0.2) is 71.6 Å². The fourth-order valence-corrected chi connectivity index (χ4v) is 5.40. The van der Waals surface area contributed by atoms with Gasteiger partial charge in [0.25, 0.3) is 0 Å². The van der Waals surface area contributed by atoms with Crippen LogP contribution in [0, 0.1) is 5.92 Å². The number of rotatable bonds is 8. The van der Waals surface area contributed by atoms with Crippen LogP contribution in [0.4, 0.5) is 0 Å². The molecule has 0 saturated carbocycles. The summed E-state index contributed by atoms with van der Waals surface area (Å²) >= 11 is 1.37. The zero-order chi connectivity index (χ0) is 23.5. The summed E-state index contributed by atoms with van der Waals surface area (Å²) in [4.78, 5) is 20.0. The lowest BCUT2D eigenvalue weighted by Crippen LogP contribution is -2.39. The summed E-state index contributed by atoms with van der Waals surface area (Å²) in [5.41, 5.74) is 0.860. The van der Waals surface area contributed by atoms with Gasteiger partial charge in [-0.25, -0.2) is 4.98 Å². The van der Waals surface area contributed by atoms with Crippen molar-refractivity contribution in [1.82, 2.24) is 19.5 Å². The molecule has 10 nitrogen and oxygen atoms in total. The first-order chi connectivity index (χ1) is 16.0. The van der Waals surface area contributed by atoms with Crippen molar-refractivity contribution in [3.8, 4) is 23.1 Å². The third-order valence-corrected chi connectivity index (χ3v) is 6.99. The van der Waals surface area contributed by atoms with Crippen LogP contribution in [0.25, 0.3) is 4.96 Å². The summed E-state index contributed by atoms with van der Waals surface area (Å²) in [6.45, 7) is 3.50. The van der Waals surface area contributed by atoms with Gasteiger partial charge in [0.15, 0.2) is 11.5 Å². The fraction of sp³-hybridized carbons (Fsp3) is 0.500. The zero-order valence-corrected chi connectivity index (χ0v) is 19.9. The number of benzene rings is 1. The van der Waals surface area contributed by atoms with E-state index in [0.29, 0.717) is 59.6 Å². The quantitative estimate of drug-likeness (QED) is 0.491. The largest absolute Gasteiger partial charge is 0.493 e. The molecule has 0 aliphatic carbocycles. The van der Waals surface area contributed by atoms with Crippen LogP contribution in [0.2, 0.25) is 0 Å². The lowest BCUT2D eigenvalue weighted by molar-refractivity contribution is -0.149. The van der Waals surface area contributed by atoms with Crippen LogP contribution >= 0.6 is 11.3 Å². The number of esters is 1. The molecule has 2 aromatic heterocycles. The van der Waals surface area contributed by atoms with Crippen LogP contribution in [0.1, 0.15) is 36.2 Å². The van der Waals surface area contributed by atoms with Crippen molar-refractivity contribution in [3.63, 3.8) is 0 Å². The first-order valence-corrected chi connectivity index (χ1v) is 11.6. The molecule has 1 aliphatic heterocycles. The second-order valence-electron chi connectivity index (χ2n) is 7.67. The number of carbonyl (C=O) groups excluding carboxylic acids is 1. The Kier molecular flexibility index (Phi) is 6.89. The summed E-state index contributed by atoms with van der Waals surface area (Å²) in [5.74, 6) is 1.31. The van der Waals surface area contributed by atoms with Crippen LogP contribution in [0.15, 0.2) is 18.5 Å². The molecule has 0 spiro atoms. The van der Waals surface area contributed by atoms with Crippen molar-refractivity contribution in [1.29, 1.82) is 0 Å². The fourth-order valence-electron chi connectivity index (χ4n) is 4.31. The lowest BCUT2D eigenvalue weighted by Gasteiger charge is -2.37. The second kappa shape index (κ2) is 9.84. The topological polar surface area (TPSA) is 108 Å². The molecule has 0 amide bonds. The Balaban J connectivity index is 1.76. The van der Waals surface area contributed by atoms with Crippen molar-refractivity contribution in [2.75, 3.05) is 41.0 Å². The smallest absolute Gasteiger partial charge is 0.309 e. The van der Waals surface area contributed by atoms with Gasteiger partial charge in [0.05, 0.1) is 44.8 Å². The minimum absolute atomic E-state index is 0.0405. The normalized spacial score (nSPS) is 16.0. The Labute approximate surface area is 195 Å². The Hall–Kier alpha value is -3.05. The standard InChI is InChI=1S/C22H28N4O6S/c1-5-32-21(28)13-6-8-25(9-7-13)17(19-20(27)26-22(33-19)23-12-24-26)14-10-15(29-2)18(31-4)16(11-14)30-3/h10-13,17,27H,5-9H2,1-4H3/t17-/m0/s1. The number of aromatic hydroxyl groups is 1. The van der Waals surface area contributed by atoms with Crippen LogP contribution in [0.3, 0.4) is 0 Å². The molecule has 11 heteroatoms. The number of aromatic nitrogens is 3. The molecule has 33 heavy (non-hydrogen) atoms. The monoisotopic (exact) mass is 476 g/mol. The van der Waals surface area contributed by atoms with E-state index >= 15 is 0 Å². The predicted molar refractivity (Wildman–Crippen MR) is 121 cm³/mol. The van der Waals surface area contributed by atoms with Gasteiger partial charge in [-0.15, -0.1) is 0 Å². The lowest BCUT2D eigenvalue weighted by atomic mass is 9.93. The number of carbonyl (C=O) groups is 1. The molecule has 1 saturated heterocycles. The van der Waals surface area contributed by atoms with Gasteiger partial charge in [0.2, 0.25) is 16.6 Å². The molecule has 1 fully saturated rings. The SMILES string of the molecule is CCOC(=O)C1CCN([C@@H](c2cc(OC)c(OC)c(OC)c2)c2sc3ncnn3c2O)CC1. The van der Waals surface area contributed by atoms with Crippen LogP contribution in [0.5, 0.6) is 23.1 Å².